The van der Waals surface area contributed by atoms with E-state index in [0.29, 0.717) is 55.0 Å². The Morgan fingerprint density at radius 3 is 2.33 bits per heavy atom. The Balaban J connectivity index is 1.16. The maximum absolute atomic E-state index is 16.7. The van der Waals surface area contributed by atoms with Crippen molar-refractivity contribution in [2.75, 3.05) is 16.5 Å². The summed E-state index contributed by atoms with van der Waals surface area (Å²) in [6.07, 6.45) is 2.43. The number of hydrogen-bond acceptors (Lipinski definition) is 7. The summed E-state index contributed by atoms with van der Waals surface area (Å²) < 4.78 is 25.4. The highest BCUT2D eigenvalue weighted by atomic mass is 28.4. The monoisotopic (exact) mass is 756 g/mol. The van der Waals surface area contributed by atoms with Gasteiger partial charge in [-0.15, -0.1) is 5.10 Å². The molecule has 12 heteroatoms. The fraction of sp³-hybridized carbons (Fsp3) is 0.326. The molecule has 282 valence electrons. The van der Waals surface area contributed by atoms with E-state index in [4.69, 9.17) is 9.84 Å². The van der Waals surface area contributed by atoms with Crippen molar-refractivity contribution in [1.29, 1.82) is 0 Å². The van der Waals surface area contributed by atoms with E-state index >= 15 is 8.90 Å². The van der Waals surface area contributed by atoms with Gasteiger partial charge in [-0.1, -0.05) is 103 Å². The van der Waals surface area contributed by atoms with Gasteiger partial charge in [0.25, 0.3) is 5.91 Å². The summed E-state index contributed by atoms with van der Waals surface area (Å²) >= 11 is 0. The highest BCUT2D eigenvalue weighted by Crippen LogP contribution is 2.61. The van der Waals surface area contributed by atoms with E-state index in [2.05, 4.69) is 10.3 Å². The number of amides is 2. The van der Waals surface area contributed by atoms with Gasteiger partial charge in [-0.05, 0) is 54.4 Å². The molecule has 0 radical (unpaired) electrons. The van der Waals surface area contributed by atoms with Crippen LogP contribution in [0.25, 0.3) is 0 Å². The average Bonchev–Trinajstić information content (AvgIpc) is 3.85. The number of aryl methyl sites for hydroxylation is 1. The number of aromatic nitrogens is 3. The number of carbonyl (C=O) groups is 2. The molecule has 1 saturated heterocycles. The largest absolute Gasteiger partial charge is 0.395 e. The van der Waals surface area contributed by atoms with E-state index in [-0.39, 0.29) is 24.3 Å². The number of halogens is 1. The molecule has 0 bridgehead atoms. The van der Waals surface area contributed by atoms with Gasteiger partial charge in [-0.25, -0.2) is 5.01 Å². The fourth-order valence-electron chi connectivity index (χ4n) is 8.85. The predicted molar refractivity (Wildman–Crippen MR) is 212 cm³/mol. The second kappa shape index (κ2) is 14.7. The van der Waals surface area contributed by atoms with Gasteiger partial charge in [0.2, 0.25) is 14.3 Å². The second-order valence-electron chi connectivity index (χ2n) is 15.3. The van der Waals surface area contributed by atoms with Crippen molar-refractivity contribution < 1.29 is 23.5 Å². The number of anilines is 2. The minimum atomic E-state index is -3.46. The van der Waals surface area contributed by atoms with E-state index in [0.717, 1.165) is 22.4 Å². The average molecular weight is 757 g/mol. The first-order valence-electron chi connectivity index (χ1n) is 19.0. The van der Waals surface area contributed by atoms with E-state index < -0.39 is 31.6 Å². The lowest BCUT2D eigenvalue weighted by Gasteiger charge is -2.31. The third kappa shape index (κ3) is 6.72. The van der Waals surface area contributed by atoms with Crippen LogP contribution in [-0.4, -0.2) is 58.7 Å². The van der Waals surface area contributed by atoms with Gasteiger partial charge in [-0.3, -0.25) is 14.3 Å². The number of carbonyl (C=O) groups excluding carboxylic acids is 2. The molecule has 0 aliphatic carbocycles. The van der Waals surface area contributed by atoms with Crippen LogP contribution in [-0.2, 0) is 33.0 Å². The first-order chi connectivity index (χ1) is 26.6. The number of nitrogens with zero attached hydrogens (tertiary/aromatic N) is 6. The van der Waals surface area contributed by atoms with Crippen molar-refractivity contribution in [2.45, 2.75) is 75.5 Å². The van der Waals surface area contributed by atoms with Gasteiger partial charge < -0.3 is 18.9 Å². The molecule has 3 aliphatic heterocycles. The fourth-order valence-corrected chi connectivity index (χ4v) is 11.4. The van der Waals surface area contributed by atoms with E-state index in [9.17, 15) is 9.90 Å². The smallest absolute Gasteiger partial charge is 0.264 e. The standard InChI is InChI=1S/C43H45FN6O4Si/c1-29-41(55(2,3)44)39(23-24-48-27-37(45-47-48)34(28-51)31-15-9-5-10-16-31)54-43(29)35-25-33(50-40(52)22-20-36(46-50)32-17-11-6-12-18-32)19-21-38(35)49(42(43)53)26-30-13-7-4-8-14-30/h4-19,21,25,27,29,34,39,41,51H,20,22-24,26,28H2,1-3H3/t29-,34?,39+,41-,43+/m1/s1. The molecule has 1 fully saturated rings. The lowest BCUT2D eigenvalue weighted by molar-refractivity contribution is -0.146. The third-order valence-electron chi connectivity index (χ3n) is 11.5. The molecule has 55 heavy (non-hydrogen) atoms. The lowest BCUT2D eigenvalue weighted by atomic mass is 9.82. The summed E-state index contributed by atoms with van der Waals surface area (Å²) in [5.41, 5.74) is 4.08. The molecule has 1 N–H and O–H groups in total. The second-order valence-corrected chi connectivity index (χ2v) is 19.1. The molecule has 10 nitrogen and oxygen atoms in total. The summed E-state index contributed by atoms with van der Waals surface area (Å²) in [6.45, 7) is 5.88. The Morgan fingerprint density at radius 1 is 0.945 bits per heavy atom. The van der Waals surface area contributed by atoms with Gasteiger partial charge in [0, 0.05) is 42.6 Å². The van der Waals surface area contributed by atoms with Gasteiger partial charge >= 0.3 is 0 Å². The van der Waals surface area contributed by atoms with Crippen LogP contribution >= 0.6 is 0 Å². The van der Waals surface area contributed by atoms with E-state index in [1.807, 2.05) is 122 Å². The van der Waals surface area contributed by atoms with Gasteiger partial charge in [0.05, 0.1) is 48.0 Å². The number of hydrogen-bond donors (Lipinski definition) is 1. The molecule has 0 saturated carbocycles. The molecule has 8 rings (SSSR count). The first kappa shape index (κ1) is 36.7. The minimum absolute atomic E-state index is 0.122. The summed E-state index contributed by atoms with van der Waals surface area (Å²) in [7, 11) is -3.46. The van der Waals surface area contributed by atoms with Crippen molar-refractivity contribution in [3.05, 3.63) is 143 Å². The number of ether oxygens (including phenoxy) is 1. The number of aliphatic hydroxyl groups excluding tert-OH is 1. The molecular formula is C43H45FN6O4Si. The molecule has 1 spiro atoms. The van der Waals surface area contributed by atoms with Crippen molar-refractivity contribution in [2.24, 2.45) is 11.0 Å². The Hall–Kier alpha value is -5.30. The number of hydrazone groups is 1. The minimum Gasteiger partial charge on any atom is -0.395 e. The quantitative estimate of drug-likeness (QED) is 0.112. The highest BCUT2D eigenvalue weighted by molar-refractivity contribution is 6.72. The predicted octanol–water partition coefficient (Wildman–Crippen LogP) is 7.35. The van der Waals surface area contributed by atoms with Crippen LogP contribution in [0.1, 0.15) is 60.1 Å². The Kier molecular flexibility index (Phi) is 9.82. The van der Waals surface area contributed by atoms with Crippen molar-refractivity contribution in [3.8, 4) is 0 Å². The molecule has 1 unspecified atom stereocenters. The third-order valence-corrected chi connectivity index (χ3v) is 13.9. The molecule has 3 aliphatic rings. The van der Waals surface area contributed by atoms with Crippen LogP contribution < -0.4 is 9.91 Å². The number of benzene rings is 4. The van der Waals surface area contributed by atoms with Gasteiger partial charge in [0.15, 0.2) is 5.60 Å². The van der Waals surface area contributed by atoms with E-state index in [1.54, 1.807) is 22.7 Å². The molecule has 5 aromatic rings. The van der Waals surface area contributed by atoms with Crippen LogP contribution in [0.3, 0.4) is 0 Å². The van der Waals surface area contributed by atoms with Crippen LogP contribution in [0, 0.1) is 5.92 Å². The molecule has 1 aromatic heterocycles. The maximum atomic E-state index is 16.7. The highest BCUT2D eigenvalue weighted by Gasteiger charge is 2.66. The lowest BCUT2D eigenvalue weighted by Crippen LogP contribution is -2.45. The normalized spacial score (nSPS) is 23.0. The molecule has 2 amide bonds. The van der Waals surface area contributed by atoms with Crippen LogP contribution in [0.5, 0.6) is 0 Å². The van der Waals surface area contributed by atoms with Gasteiger partial charge in [0.1, 0.15) is 0 Å². The Morgan fingerprint density at radius 2 is 1.64 bits per heavy atom. The Bertz CT molecular complexity index is 2210. The zero-order valence-electron chi connectivity index (χ0n) is 31.3. The first-order valence-corrected chi connectivity index (χ1v) is 21.9. The summed E-state index contributed by atoms with van der Waals surface area (Å²) in [4.78, 5) is 30.3. The zero-order chi connectivity index (χ0) is 38.3. The molecule has 4 aromatic carbocycles. The van der Waals surface area contributed by atoms with Crippen molar-refractivity contribution in [3.63, 3.8) is 0 Å². The summed E-state index contributed by atoms with van der Waals surface area (Å²) in [6, 6.07) is 34.8. The van der Waals surface area contributed by atoms with Crippen LogP contribution in [0.2, 0.25) is 18.6 Å². The molecular weight excluding hydrogens is 712 g/mol. The molecule has 5 atom stereocenters. The topological polar surface area (TPSA) is 113 Å². The summed E-state index contributed by atoms with van der Waals surface area (Å²) in [5, 5.41) is 25.2. The summed E-state index contributed by atoms with van der Waals surface area (Å²) in [5.74, 6) is -1.23. The van der Waals surface area contributed by atoms with Crippen molar-refractivity contribution in [1.82, 2.24) is 15.0 Å². The number of rotatable bonds is 11. The van der Waals surface area contributed by atoms with Crippen molar-refractivity contribution >= 4 is 37.3 Å². The zero-order valence-corrected chi connectivity index (χ0v) is 32.3. The Labute approximate surface area is 321 Å². The number of aliphatic hydroxyl groups is 1. The maximum Gasteiger partial charge on any atom is 0.264 e. The SMILES string of the molecule is C[C@@H]1[C@@H]([Si](C)(C)F)[C@H](CCn2cc(C(CO)c3ccccc3)nn2)O[C@@]12C(=O)N(Cc1ccccc1)c1ccc(N3N=C(c4ccccc4)CCC3=O)cc12. The van der Waals surface area contributed by atoms with Crippen LogP contribution in [0.15, 0.2) is 120 Å². The molecule has 4 heterocycles. The van der Waals surface area contributed by atoms with E-state index in [1.165, 1.54) is 5.01 Å². The van der Waals surface area contributed by atoms with Crippen LogP contribution in [0.4, 0.5) is 15.5 Å². The number of fused-ring (bicyclic) bond motifs is 2. The van der Waals surface area contributed by atoms with Gasteiger partial charge in [-0.2, -0.15) is 5.10 Å².